The molecule has 0 saturated heterocycles. The van der Waals surface area contributed by atoms with Crippen molar-refractivity contribution in [3.63, 3.8) is 0 Å². The topological polar surface area (TPSA) is 12.0 Å². The number of hydrogen-bond donors (Lipinski definition) is 1. The molecule has 0 aliphatic rings. The predicted octanol–water partition coefficient (Wildman–Crippen LogP) is 4.45. The van der Waals surface area contributed by atoms with Crippen LogP contribution in [0.1, 0.15) is 43.9 Å². The van der Waals surface area contributed by atoms with Gasteiger partial charge < -0.3 is 5.32 Å². The van der Waals surface area contributed by atoms with E-state index in [0.29, 0.717) is 6.04 Å². The highest BCUT2D eigenvalue weighted by Crippen LogP contribution is 2.29. The molecule has 16 heavy (non-hydrogen) atoms. The summed E-state index contributed by atoms with van der Waals surface area (Å²) in [6.45, 7) is 6.71. The van der Waals surface area contributed by atoms with Gasteiger partial charge in [0.15, 0.2) is 0 Å². The normalized spacial score (nSPS) is 14.8. The maximum Gasteiger partial charge on any atom is 0.0331 e. The Bertz CT molecular complexity index is 336. The van der Waals surface area contributed by atoms with E-state index in [4.69, 9.17) is 0 Å². The first-order valence-electron chi connectivity index (χ1n) is 6.01. The fourth-order valence-electron chi connectivity index (χ4n) is 1.90. The molecule has 0 fully saturated rings. The minimum atomic E-state index is 0.448. The van der Waals surface area contributed by atoms with E-state index in [1.807, 2.05) is 7.05 Å². The minimum absolute atomic E-state index is 0.448. The molecule has 0 aromatic heterocycles. The van der Waals surface area contributed by atoms with Gasteiger partial charge in [0, 0.05) is 10.5 Å². The Morgan fingerprint density at radius 1 is 1.38 bits per heavy atom. The summed E-state index contributed by atoms with van der Waals surface area (Å²) in [5.74, 6) is 0.755. The average molecular weight is 284 g/mol. The van der Waals surface area contributed by atoms with Crippen LogP contribution in [0.15, 0.2) is 22.7 Å². The van der Waals surface area contributed by atoms with Gasteiger partial charge in [-0.05, 0) is 37.9 Å². The molecular weight excluding hydrogens is 262 g/mol. The fourth-order valence-corrected chi connectivity index (χ4v) is 2.42. The molecule has 0 saturated carbocycles. The van der Waals surface area contributed by atoms with E-state index >= 15 is 0 Å². The molecule has 0 radical (unpaired) electrons. The zero-order valence-corrected chi connectivity index (χ0v) is 12.3. The molecule has 2 atom stereocenters. The molecule has 1 N–H and O–H groups in total. The van der Waals surface area contributed by atoms with Gasteiger partial charge in [0.25, 0.3) is 0 Å². The van der Waals surface area contributed by atoms with Crippen LogP contribution in [-0.4, -0.2) is 7.05 Å². The van der Waals surface area contributed by atoms with Crippen molar-refractivity contribution in [2.24, 2.45) is 5.92 Å². The van der Waals surface area contributed by atoms with Crippen LogP contribution in [0.2, 0.25) is 0 Å². The van der Waals surface area contributed by atoms with Gasteiger partial charge in [-0.1, -0.05) is 53.9 Å². The van der Waals surface area contributed by atoms with E-state index in [-0.39, 0.29) is 0 Å². The lowest BCUT2D eigenvalue weighted by molar-refractivity contribution is 0.421. The Balaban J connectivity index is 2.89. The van der Waals surface area contributed by atoms with Crippen molar-refractivity contribution in [3.8, 4) is 0 Å². The lowest BCUT2D eigenvalue weighted by Crippen LogP contribution is -2.19. The summed E-state index contributed by atoms with van der Waals surface area (Å²) >= 11 is 3.64. The van der Waals surface area contributed by atoms with Gasteiger partial charge in [0.2, 0.25) is 0 Å². The number of aryl methyl sites for hydroxylation is 1. The van der Waals surface area contributed by atoms with Crippen molar-refractivity contribution in [1.29, 1.82) is 0 Å². The molecule has 90 valence electrons. The lowest BCUT2D eigenvalue weighted by atomic mass is 9.93. The summed E-state index contributed by atoms with van der Waals surface area (Å²) in [5, 5.41) is 3.42. The van der Waals surface area contributed by atoms with Gasteiger partial charge >= 0.3 is 0 Å². The molecule has 0 amide bonds. The molecule has 1 rings (SSSR count). The first kappa shape index (κ1) is 13.7. The first-order valence-corrected chi connectivity index (χ1v) is 6.81. The Hall–Kier alpha value is -0.340. The van der Waals surface area contributed by atoms with Gasteiger partial charge in [-0.3, -0.25) is 0 Å². The Labute approximate surface area is 108 Å². The van der Waals surface area contributed by atoms with Crippen molar-refractivity contribution < 1.29 is 0 Å². The van der Waals surface area contributed by atoms with Gasteiger partial charge in [0.05, 0.1) is 0 Å². The smallest absolute Gasteiger partial charge is 0.0331 e. The standard InChI is InChI=1S/C14H22BrN/c1-5-10(2)9-14(16-4)12-8-11(3)6-7-13(12)15/h6-8,10,14,16H,5,9H2,1-4H3. The molecule has 2 unspecified atom stereocenters. The van der Waals surface area contributed by atoms with E-state index in [1.165, 1.54) is 28.4 Å². The monoisotopic (exact) mass is 283 g/mol. The third kappa shape index (κ3) is 3.60. The molecular formula is C14H22BrN. The maximum atomic E-state index is 3.64. The van der Waals surface area contributed by atoms with Crippen molar-refractivity contribution >= 4 is 15.9 Å². The van der Waals surface area contributed by atoms with Crippen LogP contribution >= 0.6 is 15.9 Å². The molecule has 0 aliphatic carbocycles. The van der Waals surface area contributed by atoms with Crippen molar-refractivity contribution in [3.05, 3.63) is 33.8 Å². The van der Waals surface area contributed by atoms with Crippen LogP contribution < -0.4 is 5.32 Å². The van der Waals surface area contributed by atoms with E-state index in [0.717, 1.165) is 5.92 Å². The number of nitrogens with one attached hydrogen (secondary N) is 1. The number of rotatable bonds is 5. The number of hydrogen-bond acceptors (Lipinski definition) is 1. The molecule has 1 nitrogen and oxygen atoms in total. The van der Waals surface area contributed by atoms with Crippen LogP contribution in [0, 0.1) is 12.8 Å². The predicted molar refractivity (Wildman–Crippen MR) is 74.8 cm³/mol. The van der Waals surface area contributed by atoms with Crippen LogP contribution in [-0.2, 0) is 0 Å². The van der Waals surface area contributed by atoms with Crippen LogP contribution in [0.5, 0.6) is 0 Å². The third-order valence-electron chi connectivity index (χ3n) is 3.21. The maximum absolute atomic E-state index is 3.64. The van der Waals surface area contributed by atoms with Gasteiger partial charge in [-0.25, -0.2) is 0 Å². The molecule has 0 aliphatic heterocycles. The first-order chi connectivity index (χ1) is 7.58. The fraction of sp³-hybridized carbons (Fsp3) is 0.571. The molecule has 0 bridgehead atoms. The second-order valence-electron chi connectivity index (χ2n) is 4.62. The van der Waals surface area contributed by atoms with E-state index in [1.54, 1.807) is 0 Å². The van der Waals surface area contributed by atoms with Crippen molar-refractivity contribution in [2.75, 3.05) is 7.05 Å². The second kappa shape index (κ2) is 6.41. The molecule has 2 heteroatoms. The summed E-state index contributed by atoms with van der Waals surface area (Å²) in [5.41, 5.74) is 2.70. The van der Waals surface area contributed by atoms with Crippen molar-refractivity contribution in [2.45, 2.75) is 39.7 Å². The Kier molecular flexibility index (Phi) is 5.50. The Morgan fingerprint density at radius 3 is 2.62 bits per heavy atom. The van der Waals surface area contributed by atoms with Crippen LogP contribution in [0.25, 0.3) is 0 Å². The van der Waals surface area contributed by atoms with Crippen molar-refractivity contribution in [1.82, 2.24) is 5.32 Å². The molecule has 1 aromatic carbocycles. The zero-order chi connectivity index (χ0) is 12.1. The van der Waals surface area contributed by atoms with Crippen LogP contribution in [0.4, 0.5) is 0 Å². The molecule has 0 heterocycles. The zero-order valence-electron chi connectivity index (χ0n) is 10.7. The quantitative estimate of drug-likeness (QED) is 0.842. The largest absolute Gasteiger partial charge is 0.313 e. The lowest BCUT2D eigenvalue weighted by Gasteiger charge is -2.21. The van der Waals surface area contributed by atoms with Crippen LogP contribution in [0.3, 0.4) is 0 Å². The minimum Gasteiger partial charge on any atom is -0.313 e. The number of halogens is 1. The highest BCUT2D eigenvalue weighted by atomic mass is 79.9. The van der Waals surface area contributed by atoms with E-state index in [9.17, 15) is 0 Å². The summed E-state index contributed by atoms with van der Waals surface area (Å²) in [7, 11) is 2.04. The highest BCUT2D eigenvalue weighted by Gasteiger charge is 2.15. The molecule has 1 aromatic rings. The summed E-state index contributed by atoms with van der Waals surface area (Å²) < 4.78 is 1.21. The Morgan fingerprint density at radius 2 is 2.06 bits per heavy atom. The summed E-state index contributed by atoms with van der Waals surface area (Å²) in [6, 6.07) is 7.01. The van der Waals surface area contributed by atoms with Gasteiger partial charge in [-0.15, -0.1) is 0 Å². The molecule has 0 spiro atoms. The third-order valence-corrected chi connectivity index (χ3v) is 3.93. The summed E-state index contributed by atoms with van der Waals surface area (Å²) in [4.78, 5) is 0. The van der Waals surface area contributed by atoms with Gasteiger partial charge in [0.1, 0.15) is 0 Å². The van der Waals surface area contributed by atoms with Gasteiger partial charge in [-0.2, -0.15) is 0 Å². The van der Waals surface area contributed by atoms with E-state index in [2.05, 4.69) is 60.2 Å². The van der Waals surface area contributed by atoms with E-state index < -0.39 is 0 Å². The number of benzene rings is 1. The average Bonchev–Trinajstić information content (AvgIpc) is 2.29. The summed E-state index contributed by atoms with van der Waals surface area (Å²) in [6.07, 6.45) is 2.43. The second-order valence-corrected chi connectivity index (χ2v) is 5.47. The SMILES string of the molecule is CCC(C)CC(NC)c1cc(C)ccc1Br. The highest BCUT2D eigenvalue weighted by molar-refractivity contribution is 9.10.